The second kappa shape index (κ2) is 7.79. The fourth-order valence-electron chi connectivity index (χ4n) is 3.84. The molecular weight excluding hydrogens is 354 g/mol. The minimum Gasteiger partial charge on any atom is -0.344 e. The number of benzene rings is 2. The smallest absolute Gasteiger partial charge is 0.275 e. The van der Waals surface area contributed by atoms with E-state index in [9.17, 15) is 4.79 Å². The summed E-state index contributed by atoms with van der Waals surface area (Å²) in [5, 5.41) is 4.35. The Morgan fingerprint density at radius 3 is 2.89 bits per heavy atom. The summed E-state index contributed by atoms with van der Waals surface area (Å²) in [6, 6.07) is 17.0. The van der Waals surface area contributed by atoms with E-state index in [-0.39, 0.29) is 18.0 Å². The van der Waals surface area contributed by atoms with Gasteiger partial charge in [-0.3, -0.25) is 4.79 Å². The highest BCUT2D eigenvalue weighted by atomic mass is 32.1. The molecule has 0 aliphatic heterocycles. The maximum atomic E-state index is 12.7. The van der Waals surface area contributed by atoms with Gasteiger partial charge in [0.2, 0.25) is 0 Å². The van der Waals surface area contributed by atoms with Crippen LogP contribution >= 0.6 is 11.3 Å². The summed E-state index contributed by atoms with van der Waals surface area (Å²) in [5.41, 5.74) is 3.70. The molecule has 0 spiro atoms. The van der Waals surface area contributed by atoms with Crippen molar-refractivity contribution in [2.75, 3.05) is 13.6 Å². The zero-order chi connectivity index (χ0) is 18.8. The molecule has 4 nitrogen and oxygen atoms in total. The molecular formula is C22H26N3OS+. The van der Waals surface area contributed by atoms with Gasteiger partial charge < -0.3 is 10.2 Å². The van der Waals surface area contributed by atoms with Crippen LogP contribution in [-0.2, 0) is 11.2 Å². The van der Waals surface area contributed by atoms with Crippen molar-refractivity contribution in [3.63, 3.8) is 0 Å². The van der Waals surface area contributed by atoms with E-state index in [1.165, 1.54) is 15.8 Å². The largest absolute Gasteiger partial charge is 0.344 e. The molecule has 1 aliphatic carbocycles. The highest BCUT2D eigenvalue weighted by Gasteiger charge is 2.25. The lowest BCUT2D eigenvalue weighted by molar-refractivity contribution is -0.902. The van der Waals surface area contributed by atoms with Gasteiger partial charge in [-0.1, -0.05) is 36.4 Å². The topological polar surface area (TPSA) is 46.4 Å². The summed E-state index contributed by atoms with van der Waals surface area (Å²) in [6.07, 6.45) is 3.27. The van der Waals surface area contributed by atoms with Crippen LogP contribution < -0.4 is 10.2 Å². The molecule has 0 fully saturated rings. The van der Waals surface area contributed by atoms with Gasteiger partial charge in [-0.15, -0.1) is 11.3 Å². The summed E-state index contributed by atoms with van der Waals surface area (Å²) in [7, 11) is 2.07. The van der Waals surface area contributed by atoms with Crippen molar-refractivity contribution in [1.82, 2.24) is 10.3 Å². The number of para-hydroxylation sites is 1. The number of aryl methyl sites for hydroxylation is 1. The third-order valence-electron chi connectivity index (χ3n) is 5.56. The predicted molar refractivity (Wildman–Crippen MR) is 110 cm³/mol. The Labute approximate surface area is 164 Å². The number of aromatic nitrogens is 1. The number of thiazole rings is 1. The molecule has 3 atom stereocenters. The summed E-state index contributed by atoms with van der Waals surface area (Å²) in [6.45, 7) is 2.60. The van der Waals surface area contributed by atoms with Gasteiger partial charge in [0.25, 0.3) is 5.91 Å². The number of hydrogen-bond donors (Lipinski definition) is 2. The molecule has 140 valence electrons. The van der Waals surface area contributed by atoms with Crippen LogP contribution in [0.4, 0.5) is 0 Å². The van der Waals surface area contributed by atoms with E-state index in [1.807, 2.05) is 18.2 Å². The molecule has 4 rings (SSSR count). The molecule has 5 heteroatoms. The minimum atomic E-state index is 0.113. The van der Waals surface area contributed by atoms with E-state index in [1.54, 1.807) is 11.3 Å². The van der Waals surface area contributed by atoms with Gasteiger partial charge in [-0.2, -0.15) is 0 Å². The monoisotopic (exact) mass is 380 g/mol. The molecule has 1 aliphatic rings. The van der Waals surface area contributed by atoms with Crippen molar-refractivity contribution in [2.45, 2.75) is 38.3 Å². The average Bonchev–Trinajstić information content (AvgIpc) is 3.11. The van der Waals surface area contributed by atoms with Crippen LogP contribution in [0, 0.1) is 0 Å². The first-order chi connectivity index (χ1) is 13.1. The van der Waals surface area contributed by atoms with Crippen molar-refractivity contribution in [3.05, 3.63) is 64.7 Å². The van der Waals surface area contributed by atoms with E-state index < -0.39 is 0 Å². The Balaban J connectivity index is 1.40. The average molecular weight is 381 g/mol. The van der Waals surface area contributed by atoms with Crippen molar-refractivity contribution in [2.24, 2.45) is 0 Å². The van der Waals surface area contributed by atoms with Crippen LogP contribution in [0.1, 0.15) is 48.0 Å². The minimum absolute atomic E-state index is 0.113. The SMILES string of the molecule is C[C@H](c1nc2ccccc2s1)[NH+](C)CC(=O)N[C@@H]1CCCc2ccccc21. The number of rotatable bonds is 5. The Morgan fingerprint density at radius 2 is 2.04 bits per heavy atom. The number of quaternary nitrogens is 1. The van der Waals surface area contributed by atoms with E-state index in [0.717, 1.165) is 34.7 Å². The summed E-state index contributed by atoms with van der Waals surface area (Å²) in [4.78, 5) is 18.6. The Kier molecular flexibility index (Phi) is 5.23. The van der Waals surface area contributed by atoms with E-state index in [2.05, 4.69) is 49.6 Å². The Bertz CT molecular complexity index is 918. The van der Waals surface area contributed by atoms with Crippen molar-refractivity contribution < 1.29 is 9.69 Å². The van der Waals surface area contributed by atoms with Gasteiger partial charge in [0.05, 0.1) is 23.3 Å². The molecule has 0 saturated carbocycles. The number of fused-ring (bicyclic) bond motifs is 2. The molecule has 1 aromatic heterocycles. The number of carbonyl (C=O) groups excluding carboxylic acids is 1. The number of nitrogens with one attached hydrogen (secondary N) is 2. The van der Waals surface area contributed by atoms with Gasteiger partial charge in [0.1, 0.15) is 6.04 Å². The Morgan fingerprint density at radius 1 is 1.26 bits per heavy atom. The summed E-state index contributed by atoms with van der Waals surface area (Å²) >= 11 is 1.72. The van der Waals surface area contributed by atoms with E-state index >= 15 is 0 Å². The first kappa shape index (κ1) is 18.1. The molecule has 0 saturated heterocycles. The lowest BCUT2D eigenvalue weighted by Crippen LogP contribution is -3.10. The van der Waals surface area contributed by atoms with Crippen LogP contribution in [0.25, 0.3) is 10.2 Å². The van der Waals surface area contributed by atoms with Crippen LogP contribution in [0.5, 0.6) is 0 Å². The normalized spacial score (nSPS) is 18.7. The number of nitrogens with zero attached hydrogens (tertiary/aromatic N) is 1. The van der Waals surface area contributed by atoms with Crippen LogP contribution in [0.2, 0.25) is 0 Å². The Hall–Kier alpha value is -2.24. The molecule has 0 bridgehead atoms. The zero-order valence-electron chi connectivity index (χ0n) is 15.9. The first-order valence-corrected chi connectivity index (χ1v) is 10.5. The van der Waals surface area contributed by atoms with Gasteiger partial charge in [-0.25, -0.2) is 4.98 Å². The zero-order valence-corrected chi connectivity index (χ0v) is 16.7. The molecule has 1 heterocycles. The van der Waals surface area contributed by atoms with Crippen LogP contribution in [-0.4, -0.2) is 24.5 Å². The fourth-order valence-corrected chi connectivity index (χ4v) is 4.95. The van der Waals surface area contributed by atoms with Crippen LogP contribution in [0.3, 0.4) is 0 Å². The third kappa shape index (κ3) is 3.89. The molecule has 1 unspecified atom stereocenters. The molecule has 2 N–H and O–H groups in total. The highest BCUT2D eigenvalue weighted by molar-refractivity contribution is 7.18. The second-order valence-corrected chi connectivity index (χ2v) is 8.54. The maximum absolute atomic E-state index is 12.7. The molecule has 3 aromatic rings. The summed E-state index contributed by atoms with van der Waals surface area (Å²) < 4.78 is 1.20. The molecule has 27 heavy (non-hydrogen) atoms. The third-order valence-corrected chi connectivity index (χ3v) is 6.78. The number of likely N-dealkylation sites (N-methyl/N-ethyl adjacent to an activating group) is 1. The van der Waals surface area contributed by atoms with Crippen LogP contribution in [0.15, 0.2) is 48.5 Å². The lowest BCUT2D eigenvalue weighted by Gasteiger charge is -2.27. The van der Waals surface area contributed by atoms with Gasteiger partial charge in [0, 0.05) is 0 Å². The van der Waals surface area contributed by atoms with E-state index in [4.69, 9.17) is 4.98 Å². The molecule has 1 amide bonds. The molecule has 0 radical (unpaired) electrons. The fraction of sp³-hybridized carbons (Fsp3) is 0.364. The van der Waals surface area contributed by atoms with Crippen molar-refractivity contribution in [1.29, 1.82) is 0 Å². The maximum Gasteiger partial charge on any atom is 0.275 e. The molecule has 2 aromatic carbocycles. The summed E-state index contributed by atoms with van der Waals surface area (Å²) in [5.74, 6) is 0.113. The quantitative estimate of drug-likeness (QED) is 0.715. The van der Waals surface area contributed by atoms with Gasteiger partial charge >= 0.3 is 0 Å². The highest BCUT2D eigenvalue weighted by Crippen LogP contribution is 2.29. The number of hydrogen-bond acceptors (Lipinski definition) is 3. The predicted octanol–water partition coefficient (Wildman–Crippen LogP) is 3.07. The standard InChI is InChI=1S/C22H25N3OS/c1-15(22-24-19-11-5-6-13-20(19)27-22)25(2)14-21(26)23-18-12-7-9-16-8-3-4-10-17(16)18/h3-6,8,10-11,13,15,18H,7,9,12,14H2,1-2H3,(H,23,26)/p+1/t15-,18-/m1/s1. The number of amides is 1. The van der Waals surface area contributed by atoms with Gasteiger partial charge in [-0.05, 0) is 49.4 Å². The van der Waals surface area contributed by atoms with Crippen molar-refractivity contribution in [3.8, 4) is 0 Å². The first-order valence-electron chi connectivity index (χ1n) is 9.67. The lowest BCUT2D eigenvalue weighted by atomic mass is 9.88. The second-order valence-electron chi connectivity index (χ2n) is 7.48. The number of carbonyl (C=O) groups is 1. The van der Waals surface area contributed by atoms with E-state index in [0.29, 0.717) is 6.54 Å². The van der Waals surface area contributed by atoms with Gasteiger partial charge in [0.15, 0.2) is 11.6 Å². The van der Waals surface area contributed by atoms with Crippen molar-refractivity contribution >= 4 is 27.5 Å².